The van der Waals surface area contributed by atoms with Gasteiger partial charge >= 0.3 is 0 Å². The number of carbonyl (C=O) groups is 1. The summed E-state index contributed by atoms with van der Waals surface area (Å²) >= 11 is 0. The lowest BCUT2D eigenvalue weighted by molar-refractivity contribution is -0.123. The fourth-order valence-electron chi connectivity index (χ4n) is 3.56. The summed E-state index contributed by atoms with van der Waals surface area (Å²) in [7, 11) is 0. The molecule has 20 heavy (non-hydrogen) atoms. The molecule has 2 heteroatoms. The van der Waals surface area contributed by atoms with Crippen LogP contribution in [0.3, 0.4) is 0 Å². The zero-order chi connectivity index (χ0) is 13.8. The van der Waals surface area contributed by atoms with Gasteiger partial charge in [-0.15, -0.1) is 0 Å². The molecule has 1 aliphatic carbocycles. The van der Waals surface area contributed by atoms with Gasteiger partial charge in [0, 0.05) is 23.9 Å². The molecule has 1 saturated heterocycles. The van der Waals surface area contributed by atoms with E-state index < -0.39 is 0 Å². The number of fused-ring (bicyclic) bond motifs is 1. The third-order valence-electron chi connectivity index (χ3n) is 4.59. The Kier molecular flexibility index (Phi) is 4.06. The molecule has 1 aromatic carbocycles. The maximum atomic E-state index is 11.9. The summed E-state index contributed by atoms with van der Waals surface area (Å²) in [5.41, 5.74) is 1.07. The average Bonchev–Trinajstić information content (AvgIpc) is 2.82. The number of carbonyl (C=O) groups excluding carboxylic acids is 1. The van der Waals surface area contributed by atoms with Crippen molar-refractivity contribution < 1.29 is 4.79 Å². The fourth-order valence-corrected chi connectivity index (χ4v) is 3.56. The van der Waals surface area contributed by atoms with Gasteiger partial charge in [-0.05, 0) is 37.3 Å². The van der Waals surface area contributed by atoms with E-state index in [2.05, 4.69) is 17.2 Å². The van der Waals surface area contributed by atoms with Gasteiger partial charge in [0.05, 0.1) is 0 Å². The molecule has 1 heterocycles. The molecule has 1 N–H and O–H groups in total. The average molecular weight is 267 g/mol. The van der Waals surface area contributed by atoms with Crippen LogP contribution in [0, 0.1) is 23.7 Å². The molecule has 104 valence electrons. The van der Waals surface area contributed by atoms with E-state index >= 15 is 0 Å². The molecule has 2 fully saturated rings. The number of benzene rings is 1. The smallest absolute Gasteiger partial charge is 0.223 e. The fraction of sp³-hybridized carbons (Fsp3) is 0.500. The van der Waals surface area contributed by atoms with Crippen LogP contribution < -0.4 is 5.32 Å². The number of hydrogen-bond acceptors (Lipinski definition) is 1. The normalized spacial score (nSPS) is 28.2. The Hall–Kier alpha value is -1.75. The van der Waals surface area contributed by atoms with Crippen LogP contribution >= 0.6 is 0 Å². The van der Waals surface area contributed by atoms with Gasteiger partial charge < -0.3 is 5.32 Å². The predicted octanol–water partition coefficient (Wildman–Crippen LogP) is 3.12. The third-order valence-corrected chi connectivity index (χ3v) is 4.59. The topological polar surface area (TPSA) is 29.1 Å². The van der Waals surface area contributed by atoms with Crippen LogP contribution in [0.25, 0.3) is 0 Å². The van der Waals surface area contributed by atoms with Crippen molar-refractivity contribution in [1.82, 2.24) is 5.32 Å². The largest absolute Gasteiger partial charge is 0.353 e. The molecule has 0 unspecified atom stereocenters. The van der Waals surface area contributed by atoms with E-state index in [0.717, 1.165) is 24.8 Å². The van der Waals surface area contributed by atoms with Crippen molar-refractivity contribution in [3.63, 3.8) is 0 Å². The quantitative estimate of drug-likeness (QED) is 0.820. The molecule has 1 amide bonds. The molecule has 0 bridgehead atoms. The molecule has 3 atom stereocenters. The summed E-state index contributed by atoms with van der Waals surface area (Å²) in [5, 5.41) is 3.19. The first-order valence-corrected chi connectivity index (χ1v) is 7.69. The monoisotopic (exact) mass is 267 g/mol. The van der Waals surface area contributed by atoms with Crippen molar-refractivity contribution in [2.45, 2.75) is 44.6 Å². The minimum atomic E-state index is 0.288. The van der Waals surface area contributed by atoms with E-state index in [4.69, 9.17) is 0 Å². The van der Waals surface area contributed by atoms with Crippen LogP contribution in [0.15, 0.2) is 30.3 Å². The van der Waals surface area contributed by atoms with Crippen molar-refractivity contribution >= 4 is 5.91 Å². The summed E-state index contributed by atoms with van der Waals surface area (Å²) in [4.78, 5) is 11.9. The maximum absolute atomic E-state index is 11.9. The molecular weight excluding hydrogens is 246 g/mol. The molecular formula is C18H21NO. The van der Waals surface area contributed by atoms with Gasteiger partial charge in [-0.2, -0.15) is 0 Å². The number of amides is 1. The van der Waals surface area contributed by atoms with Crippen molar-refractivity contribution in [1.29, 1.82) is 0 Å². The third kappa shape index (κ3) is 2.88. The maximum Gasteiger partial charge on any atom is 0.223 e. The zero-order valence-electron chi connectivity index (χ0n) is 11.8. The summed E-state index contributed by atoms with van der Waals surface area (Å²) in [6.07, 6.45) is 6.65. The SMILES string of the molecule is O=C1N[C@@H](CCC#Cc2ccccc2)[C@@H]2CCCC[C@H]12. The summed E-state index contributed by atoms with van der Waals surface area (Å²) in [6, 6.07) is 10.4. The van der Waals surface area contributed by atoms with Crippen LogP contribution in [0.5, 0.6) is 0 Å². The van der Waals surface area contributed by atoms with E-state index in [1.54, 1.807) is 0 Å². The van der Waals surface area contributed by atoms with E-state index in [1.807, 2.05) is 30.3 Å². The van der Waals surface area contributed by atoms with Gasteiger partial charge in [0.1, 0.15) is 0 Å². The molecule has 2 nitrogen and oxygen atoms in total. The van der Waals surface area contributed by atoms with Crippen molar-refractivity contribution in [3.05, 3.63) is 35.9 Å². The summed E-state index contributed by atoms with van der Waals surface area (Å²) in [5.74, 6) is 7.57. The Morgan fingerprint density at radius 3 is 2.80 bits per heavy atom. The second-order valence-corrected chi connectivity index (χ2v) is 5.88. The molecule has 1 aliphatic heterocycles. The van der Waals surface area contributed by atoms with Gasteiger partial charge in [0.2, 0.25) is 5.91 Å². The second-order valence-electron chi connectivity index (χ2n) is 5.88. The molecule has 0 aromatic heterocycles. The first kappa shape index (κ1) is 13.2. The Balaban J connectivity index is 1.54. The lowest BCUT2D eigenvalue weighted by Crippen LogP contribution is -2.29. The molecule has 1 aromatic rings. The Labute approximate surface area is 121 Å². The lowest BCUT2D eigenvalue weighted by atomic mass is 9.77. The van der Waals surface area contributed by atoms with Crippen LogP contribution in [0.2, 0.25) is 0 Å². The van der Waals surface area contributed by atoms with E-state index in [-0.39, 0.29) is 11.8 Å². The van der Waals surface area contributed by atoms with E-state index in [0.29, 0.717) is 12.0 Å². The van der Waals surface area contributed by atoms with Crippen molar-refractivity contribution in [3.8, 4) is 11.8 Å². The second kappa shape index (κ2) is 6.13. The van der Waals surface area contributed by atoms with E-state index in [9.17, 15) is 4.79 Å². The highest BCUT2D eigenvalue weighted by Gasteiger charge is 2.42. The summed E-state index contributed by atoms with van der Waals surface area (Å²) in [6.45, 7) is 0. The van der Waals surface area contributed by atoms with Crippen LogP contribution in [0.4, 0.5) is 0 Å². The Morgan fingerprint density at radius 1 is 1.15 bits per heavy atom. The predicted molar refractivity (Wildman–Crippen MR) is 79.9 cm³/mol. The molecule has 3 rings (SSSR count). The highest BCUT2D eigenvalue weighted by molar-refractivity contribution is 5.82. The zero-order valence-corrected chi connectivity index (χ0v) is 11.8. The van der Waals surface area contributed by atoms with Crippen LogP contribution in [-0.4, -0.2) is 11.9 Å². The Morgan fingerprint density at radius 2 is 1.95 bits per heavy atom. The van der Waals surface area contributed by atoms with Crippen LogP contribution in [0.1, 0.15) is 44.1 Å². The lowest BCUT2D eigenvalue weighted by Gasteiger charge is -2.26. The first-order valence-electron chi connectivity index (χ1n) is 7.69. The van der Waals surface area contributed by atoms with Gasteiger partial charge in [-0.25, -0.2) is 0 Å². The molecule has 0 spiro atoms. The van der Waals surface area contributed by atoms with Gasteiger partial charge in [-0.3, -0.25) is 4.79 Å². The van der Waals surface area contributed by atoms with Crippen molar-refractivity contribution in [2.75, 3.05) is 0 Å². The van der Waals surface area contributed by atoms with Gasteiger partial charge in [-0.1, -0.05) is 42.9 Å². The Bertz CT molecular complexity index is 525. The van der Waals surface area contributed by atoms with E-state index in [1.165, 1.54) is 19.3 Å². The van der Waals surface area contributed by atoms with Crippen molar-refractivity contribution in [2.24, 2.45) is 11.8 Å². The minimum absolute atomic E-state index is 0.288. The minimum Gasteiger partial charge on any atom is -0.353 e. The summed E-state index contributed by atoms with van der Waals surface area (Å²) < 4.78 is 0. The molecule has 0 radical (unpaired) electrons. The molecule has 1 saturated carbocycles. The number of rotatable bonds is 2. The standard InChI is InChI=1S/C18H21NO/c20-18-16-12-6-5-11-15(16)17(19-18)13-7-4-10-14-8-2-1-3-9-14/h1-3,8-9,15-17H,5-7,11-13H2,(H,19,20)/t15-,16+,17+/m1/s1. The highest BCUT2D eigenvalue weighted by atomic mass is 16.2. The van der Waals surface area contributed by atoms with Crippen LogP contribution in [-0.2, 0) is 4.79 Å². The van der Waals surface area contributed by atoms with Gasteiger partial charge in [0.15, 0.2) is 0 Å². The number of nitrogens with one attached hydrogen (secondary N) is 1. The van der Waals surface area contributed by atoms with Gasteiger partial charge in [0.25, 0.3) is 0 Å². The molecule has 2 aliphatic rings. The highest BCUT2D eigenvalue weighted by Crippen LogP contribution is 2.37. The number of hydrogen-bond donors (Lipinski definition) is 1. The first-order chi connectivity index (χ1) is 9.84.